The van der Waals surface area contributed by atoms with E-state index in [4.69, 9.17) is 4.74 Å². The molecule has 4 rings (SSSR count). The van der Waals surface area contributed by atoms with Crippen molar-refractivity contribution in [2.75, 3.05) is 6.61 Å². The smallest absolute Gasteiger partial charge is 0.341 e. The molecule has 8 heteroatoms. The van der Waals surface area contributed by atoms with Gasteiger partial charge in [-0.2, -0.15) is 4.99 Å². The van der Waals surface area contributed by atoms with Crippen molar-refractivity contribution in [1.82, 2.24) is 14.0 Å². The first-order valence-corrected chi connectivity index (χ1v) is 10.3. The van der Waals surface area contributed by atoms with Gasteiger partial charge >= 0.3 is 5.97 Å². The zero-order valence-electron chi connectivity index (χ0n) is 17.8. The number of hydrogen-bond donors (Lipinski definition) is 0. The lowest BCUT2D eigenvalue weighted by Gasteiger charge is -2.15. The van der Waals surface area contributed by atoms with Gasteiger partial charge in [-0.05, 0) is 37.1 Å². The van der Waals surface area contributed by atoms with Crippen LogP contribution in [0.5, 0.6) is 0 Å². The Bertz CT molecular complexity index is 1450. The molecule has 32 heavy (non-hydrogen) atoms. The Kier molecular flexibility index (Phi) is 5.93. The Hall–Kier alpha value is -4.07. The lowest BCUT2D eigenvalue weighted by molar-refractivity contribution is -0.116. The Morgan fingerprint density at radius 1 is 1.09 bits per heavy atom. The first kappa shape index (κ1) is 21.2. The van der Waals surface area contributed by atoms with Crippen molar-refractivity contribution < 1.29 is 14.3 Å². The van der Waals surface area contributed by atoms with E-state index >= 15 is 0 Å². The number of pyridine rings is 2. The van der Waals surface area contributed by atoms with Gasteiger partial charge in [0, 0.05) is 19.7 Å². The molecule has 0 aliphatic rings. The average molecular weight is 430 g/mol. The second kappa shape index (κ2) is 8.97. The number of aryl methyl sites for hydroxylation is 2. The summed E-state index contributed by atoms with van der Waals surface area (Å²) in [4.78, 5) is 46.7. The van der Waals surface area contributed by atoms with E-state index in [1.165, 1.54) is 17.4 Å². The number of nitrogens with zero attached hydrogens (tertiary/aromatic N) is 4. The predicted octanol–water partition coefficient (Wildman–Crippen LogP) is 2.52. The van der Waals surface area contributed by atoms with Crippen molar-refractivity contribution in [3.63, 3.8) is 0 Å². The number of ether oxygens (including phenoxy) is 1. The molecular formula is C24H22N4O4. The van der Waals surface area contributed by atoms with Crippen molar-refractivity contribution in [2.24, 2.45) is 4.99 Å². The van der Waals surface area contributed by atoms with Crippen LogP contribution in [0.15, 0.2) is 70.6 Å². The SMILES string of the molecule is CCOC(=O)c1cc2c(=O)n3ccccc3nc2n(CCc2ccccc2)c1=NC(C)=O. The number of amides is 1. The molecule has 0 radical (unpaired) electrons. The standard InChI is InChI=1S/C24H22N4O4/c1-3-32-24(31)19-15-18-21(26-20-11-7-8-13-27(20)23(18)30)28(22(19)25-16(2)29)14-12-17-9-5-4-6-10-17/h4-11,13,15H,3,12,14H2,1-2H3. The van der Waals surface area contributed by atoms with Crippen molar-refractivity contribution in [2.45, 2.75) is 26.8 Å². The minimum absolute atomic E-state index is 0.0531. The molecule has 3 heterocycles. The van der Waals surface area contributed by atoms with Crippen LogP contribution < -0.4 is 11.0 Å². The lowest BCUT2D eigenvalue weighted by atomic mass is 10.1. The predicted molar refractivity (Wildman–Crippen MR) is 119 cm³/mol. The van der Waals surface area contributed by atoms with Crippen molar-refractivity contribution >= 4 is 28.6 Å². The first-order chi connectivity index (χ1) is 15.5. The Morgan fingerprint density at radius 2 is 1.84 bits per heavy atom. The third-order valence-corrected chi connectivity index (χ3v) is 5.02. The summed E-state index contributed by atoms with van der Waals surface area (Å²) in [6, 6.07) is 16.4. The number of hydrogen-bond acceptors (Lipinski definition) is 5. The summed E-state index contributed by atoms with van der Waals surface area (Å²) < 4.78 is 8.27. The van der Waals surface area contributed by atoms with Crippen LogP contribution in [0, 0.1) is 0 Å². The third kappa shape index (κ3) is 4.07. The molecule has 4 aromatic rings. The quantitative estimate of drug-likeness (QED) is 0.358. The molecule has 0 aliphatic heterocycles. The molecular weight excluding hydrogens is 408 g/mol. The Morgan fingerprint density at radius 3 is 2.56 bits per heavy atom. The highest BCUT2D eigenvalue weighted by molar-refractivity contribution is 5.93. The highest BCUT2D eigenvalue weighted by Crippen LogP contribution is 2.13. The van der Waals surface area contributed by atoms with Crippen LogP contribution in [-0.4, -0.2) is 32.4 Å². The normalized spacial score (nSPS) is 11.8. The molecule has 0 saturated heterocycles. The zero-order valence-corrected chi connectivity index (χ0v) is 17.8. The summed E-state index contributed by atoms with van der Waals surface area (Å²) in [6.45, 7) is 3.50. The molecule has 1 aromatic carbocycles. The first-order valence-electron chi connectivity index (χ1n) is 10.3. The van der Waals surface area contributed by atoms with Gasteiger partial charge in [-0.3, -0.25) is 14.0 Å². The number of carbonyl (C=O) groups is 2. The van der Waals surface area contributed by atoms with Gasteiger partial charge in [0.15, 0.2) is 5.49 Å². The largest absolute Gasteiger partial charge is 0.462 e. The molecule has 0 atom stereocenters. The number of aromatic nitrogens is 3. The fourth-order valence-electron chi connectivity index (χ4n) is 3.60. The van der Waals surface area contributed by atoms with Gasteiger partial charge < -0.3 is 9.30 Å². The van der Waals surface area contributed by atoms with Crippen LogP contribution in [0.25, 0.3) is 16.7 Å². The Labute approximate surface area is 183 Å². The van der Waals surface area contributed by atoms with E-state index in [0.717, 1.165) is 5.56 Å². The molecule has 0 saturated carbocycles. The van der Waals surface area contributed by atoms with Gasteiger partial charge in [-0.1, -0.05) is 36.4 Å². The van der Waals surface area contributed by atoms with Gasteiger partial charge in [-0.25, -0.2) is 9.78 Å². The van der Waals surface area contributed by atoms with E-state index in [1.807, 2.05) is 30.3 Å². The minimum Gasteiger partial charge on any atom is -0.462 e. The van der Waals surface area contributed by atoms with Crippen molar-refractivity contribution in [1.29, 1.82) is 0 Å². The summed E-state index contributed by atoms with van der Waals surface area (Å²) in [6.07, 6.45) is 2.21. The van der Waals surface area contributed by atoms with E-state index in [2.05, 4.69) is 9.98 Å². The van der Waals surface area contributed by atoms with Gasteiger partial charge in [0.05, 0.1) is 12.0 Å². The third-order valence-electron chi connectivity index (χ3n) is 5.02. The van der Waals surface area contributed by atoms with Crippen LogP contribution in [-0.2, 0) is 22.5 Å². The topological polar surface area (TPSA) is 95.0 Å². The number of benzene rings is 1. The highest BCUT2D eigenvalue weighted by atomic mass is 16.5. The summed E-state index contributed by atoms with van der Waals surface area (Å²) in [5.41, 5.74) is 1.73. The van der Waals surface area contributed by atoms with Gasteiger partial charge in [0.1, 0.15) is 16.9 Å². The minimum atomic E-state index is -0.652. The van der Waals surface area contributed by atoms with Crippen LogP contribution in [0.2, 0.25) is 0 Å². The fourth-order valence-corrected chi connectivity index (χ4v) is 3.60. The van der Waals surface area contributed by atoms with E-state index in [-0.39, 0.29) is 28.6 Å². The number of carbonyl (C=O) groups excluding carboxylic acids is 2. The zero-order chi connectivity index (χ0) is 22.7. The summed E-state index contributed by atoms with van der Waals surface area (Å²) in [5.74, 6) is -1.12. The van der Waals surface area contributed by atoms with Crippen LogP contribution in [0.3, 0.4) is 0 Å². The van der Waals surface area contributed by atoms with Crippen molar-refractivity contribution in [3.05, 3.63) is 87.8 Å². The van der Waals surface area contributed by atoms with E-state index < -0.39 is 11.9 Å². The molecule has 3 aromatic heterocycles. The maximum atomic E-state index is 13.2. The van der Waals surface area contributed by atoms with E-state index in [9.17, 15) is 14.4 Å². The molecule has 0 spiro atoms. The molecule has 0 unspecified atom stereocenters. The van der Waals surface area contributed by atoms with Crippen LogP contribution in [0.4, 0.5) is 0 Å². The fraction of sp³-hybridized carbons (Fsp3) is 0.208. The maximum Gasteiger partial charge on any atom is 0.341 e. The summed E-state index contributed by atoms with van der Waals surface area (Å²) >= 11 is 0. The van der Waals surface area contributed by atoms with Gasteiger partial charge in [-0.15, -0.1) is 0 Å². The molecule has 0 N–H and O–H groups in total. The lowest BCUT2D eigenvalue weighted by Crippen LogP contribution is -2.33. The maximum absolute atomic E-state index is 13.2. The number of fused-ring (bicyclic) bond motifs is 2. The monoisotopic (exact) mass is 430 g/mol. The number of esters is 1. The van der Waals surface area contributed by atoms with Gasteiger partial charge in [0.2, 0.25) is 5.91 Å². The molecule has 8 nitrogen and oxygen atoms in total. The second-order valence-electron chi connectivity index (χ2n) is 7.20. The highest BCUT2D eigenvalue weighted by Gasteiger charge is 2.19. The molecule has 1 amide bonds. The van der Waals surface area contributed by atoms with E-state index in [1.54, 1.807) is 35.9 Å². The second-order valence-corrected chi connectivity index (χ2v) is 7.20. The van der Waals surface area contributed by atoms with Gasteiger partial charge in [0.25, 0.3) is 5.56 Å². The van der Waals surface area contributed by atoms with E-state index in [0.29, 0.717) is 24.3 Å². The summed E-state index contributed by atoms with van der Waals surface area (Å²) in [7, 11) is 0. The molecule has 0 aliphatic carbocycles. The molecule has 0 bridgehead atoms. The molecule has 0 fully saturated rings. The van der Waals surface area contributed by atoms with Crippen LogP contribution >= 0.6 is 0 Å². The van der Waals surface area contributed by atoms with Crippen molar-refractivity contribution in [3.8, 4) is 0 Å². The summed E-state index contributed by atoms with van der Waals surface area (Å²) in [5, 5.41) is 0.243. The molecule has 162 valence electrons. The average Bonchev–Trinajstić information content (AvgIpc) is 2.79. The number of rotatable bonds is 5. The van der Waals surface area contributed by atoms with Crippen LogP contribution in [0.1, 0.15) is 29.8 Å². The Balaban J connectivity index is 2.07.